The minimum atomic E-state index is -4.24. The van der Waals surface area contributed by atoms with Crippen molar-refractivity contribution in [3.05, 3.63) is 17.3 Å². The predicted molar refractivity (Wildman–Crippen MR) is 111 cm³/mol. The van der Waals surface area contributed by atoms with E-state index in [-0.39, 0.29) is 10.3 Å². The first-order chi connectivity index (χ1) is 14.6. The number of aromatic nitrogens is 2. The van der Waals surface area contributed by atoms with Gasteiger partial charge < -0.3 is 14.9 Å². The van der Waals surface area contributed by atoms with E-state index in [1.54, 1.807) is 6.07 Å². The predicted octanol–water partition coefficient (Wildman–Crippen LogP) is 3.31. The summed E-state index contributed by atoms with van der Waals surface area (Å²) in [5, 5.41) is 9.73. The molecule has 0 aromatic carbocycles. The van der Waals surface area contributed by atoms with Gasteiger partial charge in [-0.25, -0.2) is 14.8 Å². The summed E-state index contributed by atoms with van der Waals surface area (Å²) in [5.41, 5.74) is 0.173. The molecule has 3 fully saturated rings. The molecular formula is C20H24F3N5O2S. The van der Waals surface area contributed by atoms with Crippen LogP contribution in [0.25, 0.3) is 10.2 Å². The van der Waals surface area contributed by atoms with Gasteiger partial charge in [0, 0.05) is 61.5 Å². The van der Waals surface area contributed by atoms with E-state index in [1.807, 2.05) is 0 Å². The highest BCUT2D eigenvalue weighted by atomic mass is 32.1. The molecule has 2 aromatic rings. The zero-order chi connectivity index (χ0) is 22.0. The molecule has 1 amide bonds. The van der Waals surface area contributed by atoms with Crippen molar-refractivity contribution in [2.45, 2.75) is 32.0 Å². The quantitative estimate of drug-likeness (QED) is 0.763. The van der Waals surface area contributed by atoms with Crippen LogP contribution >= 0.6 is 11.3 Å². The lowest BCUT2D eigenvalue weighted by molar-refractivity contribution is -0.126. The van der Waals surface area contributed by atoms with E-state index in [1.165, 1.54) is 11.2 Å². The van der Waals surface area contributed by atoms with Crippen LogP contribution in [0.15, 0.2) is 12.4 Å². The van der Waals surface area contributed by atoms with E-state index < -0.39 is 18.7 Å². The number of fused-ring (bicyclic) bond motifs is 1. The van der Waals surface area contributed by atoms with Crippen molar-refractivity contribution < 1.29 is 23.1 Å². The highest BCUT2D eigenvalue weighted by molar-refractivity contribution is 7.18. The molecule has 31 heavy (non-hydrogen) atoms. The Hall–Kier alpha value is -2.14. The van der Waals surface area contributed by atoms with Gasteiger partial charge in [0.25, 0.3) is 0 Å². The number of halogens is 3. The number of carbonyl (C=O) groups is 1. The van der Waals surface area contributed by atoms with Crippen LogP contribution in [-0.4, -0.2) is 82.5 Å². The van der Waals surface area contributed by atoms with Crippen molar-refractivity contribution in [3.63, 3.8) is 0 Å². The summed E-state index contributed by atoms with van der Waals surface area (Å²) < 4.78 is 38.4. The average molecular weight is 456 g/mol. The molecule has 5 rings (SSSR count). The molecule has 2 aromatic heterocycles. The number of amides is 1. The fourth-order valence-corrected chi connectivity index (χ4v) is 6.20. The van der Waals surface area contributed by atoms with Gasteiger partial charge in [-0.15, -0.1) is 11.3 Å². The molecule has 3 saturated heterocycles. The van der Waals surface area contributed by atoms with Crippen molar-refractivity contribution >= 4 is 33.5 Å². The summed E-state index contributed by atoms with van der Waals surface area (Å²) >= 11 is 1.08. The number of likely N-dealkylation sites (tertiary alicyclic amines) is 2. The molecule has 0 aliphatic carbocycles. The molecule has 1 spiro atoms. The molecule has 5 heterocycles. The summed E-state index contributed by atoms with van der Waals surface area (Å²) in [6.07, 6.45) is -3.56. The van der Waals surface area contributed by atoms with Gasteiger partial charge >= 0.3 is 12.3 Å². The third-order valence-corrected chi connectivity index (χ3v) is 8.03. The van der Waals surface area contributed by atoms with Gasteiger partial charge in [-0.3, -0.25) is 4.90 Å². The summed E-state index contributed by atoms with van der Waals surface area (Å²) in [5.74, 6) is 1.11. The third-order valence-electron chi connectivity index (χ3n) is 6.99. The topological polar surface area (TPSA) is 72.8 Å². The number of hydrogen-bond donors (Lipinski definition) is 1. The van der Waals surface area contributed by atoms with Gasteiger partial charge in [0.1, 0.15) is 17.0 Å². The van der Waals surface area contributed by atoms with Crippen LogP contribution in [0.5, 0.6) is 0 Å². The fourth-order valence-electron chi connectivity index (χ4n) is 5.18. The lowest BCUT2D eigenvalue weighted by Crippen LogP contribution is -2.65. The van der Waals surface area contributed by atoms with Crippen LogP contribution in [0.2, 0.25) is 0 Å². The molecule has 3 aliphatic heterocycles. The number of thiophene rings is 1. The lowest BCUT2D eigenvalue weighted by atomic mass is 9.76. The van der Waals surface area contributed by atoms with Crippen molar-refractivity contribution in [2.75, 3.05) is 44.2 Å². The molecule has 0 bridgehead atoms. The molecule has 1 N–H and O–H groups in total. The molecule has 11 heteroatoms. The first-order valence-corrected chi connectivity index (χ1v) is 11.2. The Balaban J connectivity index is 1.23. The second-order valence-electron chi connectivity index (χ2n) is 9.19. The summed E-state index contributed by atoms with van der Waals surface area (Å²) in [6, 6.07) is 1.94. The molecule has 0 radical (unpaired) electrons. The average Bonchev–Trinajstić information content (AvgIpc) is 3.20. The van der Waals surface area contributed by atoms with Gasteiger partial charge in [0.15, 0.2) is 0 Å². The number of carboxylic acid groups (broad SMARTS) is 1. The van der Waals surface area contributed by atoms with E-state index in [9.17, 15) is 18.0 Å². The number of rotatable bonds is 4. The highest BCUT2D eigenvalue weighted by Gasteiger charge is 2.51. The van der Waals surface area contributed by atoms with E-state index in [0.29, 0.717) is 35.3 Å². The van der Waals surface area contributed by atoms with Crippen LogP contribution in [0.1, 0.15) is 18.2 Å². The van der Waals surface area contributed by atoms with Crippen LogP contribution in [-0.2, 0) is 6.42 Å². The van der Waals surface area contributed by atoms with Crippen LogP contribution < -0.4 is 4.90 Å². The van der Waals surface area contributed by atoms with E-state index in [2.05, 4.69) is 26.7 Å². The molecular weight excluding hydrogens is 431 g/mol. The number of anilines is 1. The monoisotopic (exact) mass is 455 g/mol. The highest BCUT2D eigenvalue weighted by Crippen LogP contribution is 2.44. The van der Waals surface area contributed by atoms with Gasteiger partial charge in [-0.05, 0) is 19.4 Å². The number of hydrogen-bond acceptors (Lipinski definition) is 6. The van der Waals surface area contributed by atoms with Crippen molar-refractivity contribution in [2.24, 2.45) is 11.3 Å². The van der Waals surface area contributed by atoms with Gasteiger partial charge in [0.05, 0.1) is 11.8 Å². The van der Waals surface area contributed by atoms with E-state index >= 15 is 0 Å². The zero-order valence-electron chi connectivity index (χ0n) is 17.1. The van der Waals surface area contributed by atoms with E-state index in [0.717, 1.165) is 49.8 Å². The normalized spacial score (nSPS) is 22.7. The van der Waals surface area contributed by atoms with Crippen LogP contribution in [0.4, 0.5) is 23.8 Å². The molecule has 168 valence electrons. The van der Waals surface area contributed by atoms with Gasteiger partial charge in [-0.1, -0.05) is 0 Å². The Morgan fingerprint density at radius 1 is 1.32 bits per heavy atom. The van der Waals surface area contributed by atoms with Crippen LogP contribution in [0, 0.1) is 11.3 Å². The first kappa shape index (κ1) is 20.7. The summed E-state index contributed by atoms with van der Waals surface area (Å²) in [7, 11) is 0. The zero-order valence-corrected chi connectivity index (χ0v) is 17.9. The Morgan fingerprint density at radius 2 is 2.06 bits per heavy atom. The van der Waals surface area contributed by atoms with Gasteiger partial charge in [-0.2, -0.15) is 13.2 Å². The maximum Gasteiger partial charge on any atom is 0.407 e. The van der Waals surface area contributed by atoms with Gasteiger partial charge in [0.2, 0.25) is 0 Å². The molecule has 1 unspecified atom stereocenters. The number of alkyl halides is 3. The van der Waals surface area contributed by atoms with Crippen LogP contribution in [0.3, 0.4) is 0 Å². The fraction of sp³-hybridized carbons (Fsp3) is 0.650. The minimum absolute atomic E-state index is 0.173. The minimum Gasteiger partial charge on any atom is -0.465 e. The Kier molecular flexibility index (Phi) is 4.81. The first-order valence-electron chi connectivity index (χ1n) is 10.4. The standard InChI is InChI=1S/C20H24F3N5O2S/c1-12(13-6-27(7-13)18(29)30)28-9-19(10-28)2-3-26(8-19)16-15-4-14(5-20(21,22)23)31-17(15)25-11-24-16/h4,11-13H,2-3,5-10H2,1H3,(H,29,30). The Morgan fingerprint density at radius 3 is 2.74 bits per heavy atom. The smallest absolute Gasteiger partial charge is 0.407 e. The Labute approximate surface area is 181 Å². The second-order valence-corrected chi connectivity index (χ2v) is 10.3. The van der Waals surface area contributed by atoms with Crippen molar-refractivity contribution in [1.82, 2.24) is 19.8 Å². The third kappa shape index (κ3) is 3.82. The molecule has 7 nitrogen and oxygen atoms in total. The molecule has 3 aliphatic rings. The summed E-state index contributed by atoms with van der Waals surface area (Å²) in [4.78, 5) is 26.5. The number of nitrogens with zero attached hydrogens (tertiary/aromatic N) is 5. The Bertz CT molecular complexity index is 1000. The lowest BCUT2D eigenvalue weighted by Gasteiger charge is -2.54. The maximum absolute atomic E-state index is 12.8. The summed E-state index contributed by atoms with van der Waals surface area (Å²) in [6.45, 7) is 6.96. The maximum atomic E-state index is 12.8. The SMILES string of the molecule is CC(C1CN(C(=O)O)C1)N1CC2(CCN(c3ncnc4sc(CC(F)(F)F)cc34)C2)C1. The molecule has 1 atom stereocenters. The second kappa shape index (κ2) is 7.19. The largest absolute Gasteiger partial charge is 0.465 e. The van der Waals surface area contributed by atoms with E-state index in [4.69, 9.17) is 5.11 Å². The van der Waals surface area contributed by atoms with Crippen molar-refractivity contribution in [3.8, 4) is 0 Å². The molecule has 0 saturated carbocycles. The van der Waals surface area contributed by atoms with Crippen molar-refractivity contribution in [1.29, 1.82) is 0 Å².